The van der Waals surface area contributed by atoms with Crippen molar-refractivity contribution in [3.8, 4) is 0 Å². The van der Waals surface area contributed by atoms with Gasteiger partial charge in [0.1, 0.15) is 11.2 Å². The van der Waals surface area contributed by atoms with E-state index in [9.17, 15) is 29.5 Å². The molecule has 0 unspecified atom stereocenters. The Kier molecular flexibility index (Phi) is 5.57. The molecule has 0 saturated carbocycles. The third-order valence-corrected chi connectivity index (χ3v) is 3.54. The molecule has 2 rings (SSSR count). The van der Waals surface area contributed by atoms with E-state index < -0.39 is 35.8 Å². The summed E-state index contributed by atoms with van der Waals surface area (Å²) in [5.74, 6) is -1.49. The summed E-state index contributed by atoms with van der Waals surface area (Å²) in [4.78, 5) is 40.5. The van der Waals surface area contributed by atoms with Crippen molar-refractivity contribution < 1.29 is 29.5 Å². The van der Waals surface area contributed by atoms with Crippen molar-refractivity contribution in [2.45, 2.75) is 33.3 Å². The van der Waals surface area contributed by atoms with Crippen LogP contribution in [0.5, 0.6) is 0 Å². The Morgan fingerprint density at radius 1 is 1.33 bits per heavy atom. The lowest BCUT2D eigenvalue weighted by molar-refractivity contribution is 0.0540. The van der Waals surface area contributed by atoms with Gasteiger partial charge in [-0.05, 0) is 33.8 Å². The zero-order chi connectivity index (χ0) is 20.5. The number of hydrogen-bond donors (Lipinski definition) is 3. The summed E-state index contributed by atoms with van der Waals surface area (Å²) in [5, 5.41) is 28.8. The molecule has 1 amide bonds. The van der Waals surface area contributed by atoms with Crippen molar-refractivity contribution in [3.63, 3.8) is 0 Å². The lowest BCUT2D eigenvalue weighted by atomic mass is 9.81. The van der Waals surface area contributed by atoms with E-state index in [2.05, 4.69) is 4.98 Å². The van der Waals surface area contributed by atoms with Crippen molar-refractivity contribution >= 4 is 35.7 Å². The molecule has 0 aromatic carbocycles. The first-order chi connectivity index (χ1) is 12.5. The minimum absolute atomic E-state index is 0.0258. The van der Waals surface area contributed by atoms with Gasteiger partial charge in [0.05, 0.1) is 5.39 Å². The highest BCUT2D eigenvalue weighted by Gasteiger charge is 2.26. The molecular weight excluding hydrogens is 357 g/mol. The van der Waals surface area contributed by atoms with Gasteiger partial charge >= 0.3 is 19.2 Å². The molecule has 2 aromatic heterocycles. The van der Waals surface area contributed by atoms with Gasteiger partial charge in [-0.15, -0.1) is 0 Å². The van der Waals surface area contributed by atoms with Gasteiger partial charge in [-0.3, -0.25) is 4.79 Å². The maximum atomic E-state index is 12.5. The van der Waals surface area contributed by atoms with E-state index >= 15 is 0 Å². The van der Waals surface area contributed by atoms with E-state index in [0.717, 1.165) is 28.1 Å². The van der Waals surface area contributed by atoms with Gasteiger partial charge in [-0.2, -0.15) is 0 Å². The number of nitrogens with zero attached hydrogens (tertiary/aromatic N) is 3. The predicted molar refractivity (Wildman–Crippen MR) is 97.8 cm³/mol. The van der Waals surface area contributed by atoms with Gasteiger partial charge in [0.15, 0.2) is 5.65 Å². The molecular formula is C16H20BN3O7. The molecule has 3 N–H and O–H groups in total. The molecule has 2 heterocycles. The second kappa shape index (κ2) is 7.37. The molecule has 27 heavy (non-hydrogen) atoms. The van der Waals surface area contributed by atoms with Crippen LogP contribution in [-0.2, 0) is 4.74 Å². The van der Waals surface area contributed by atoms with Crippen molar-refractivity contribution in [3.05, 3.63) is 34.2 Å². The first-order valence-electron chi connectivity index (χ1n) is 8.11. The average Bonchev–Trinajstić information content (AvgIpc) is 2.55. The normalized spacial score (nSPS) is 11.3. The summed E-state index contributed by atoms with van der Waals surface area (Å²) in [6, 6.07) is 1.13. The first kappa shape index (κ1) is 20.4. The molecule has 144 valence electrons. The van der Waals surface area contributed by atoms with Crippen LogP contribution < -0.4 is 15.9 Å². The summed E-state index contributed by atoms with van der Waals surface area (Å²) >= 11 is 0. The zero-order valence-corrected chi connectivity index (χ0v) is 15.3. The van der Waals surface area contributed by atoms with Crippen LogP contribution in [-0.4, -0.2) is 56.1 Å². The lowest BCUT2D eigenvalue weighted by Crippen LogP contribution is -2.45. The molecule has 0 aliphatic carbocycles. The van der Waals surface area contributed by atoms with Crippen LogP contribution >= 0.6 is 0 Å². The molecule has 0 aliphatic heterocycles. The monoisotopic (exact) mass is 377 g/mol. The highest BCUT2D eigenvalue weighted by molar-refractivity contribution is 6.58. The second-order valence-corrected chi connectivity index (χ2v) is 6.73. The molecule has 0 saturated heterocycles. The molecule has 10 nitrogen and oxygen atoms in total. The zero-order valence-electron chi connectivity index (χ0n) is 15.3. The van der Waals surface area contributed by atoms with Gasteiger partial charge < -0.3 is 19.9 Å². The Morgan fingerprint density at radius 2 is 1.96 bits per heavy atom. The molecule has 0 fully saturated rings. The van der Waals surface area contributed by atoms with Crippen LogP contribution in [0.3, 0.4) is 0 Å². The lowest BCUT2D eigenvalue weighted by Gasteiger charge is -2.28. The summed E-state index contributed by atoms with van der Waals surface area (Å²) in [6.45, 7) is 6.77. The number of aromatic nitrogens is 2. The number of carboxylic acids is 1. The van der Waals surface area contributed by atoms with E-state index in [0.29, 0.717) is 0 Å². The van der Waals surface area contributed by atoms with Crippen molar-refractivity contribution in [2.75, 3.05) is 11.6 Å². The Morgan fingerprint density at radius 3 is 2.44 bits per heavy atom. The summed E-state index contributed by atoms with van der Waals surface area (Å²) < 4.78 is 6.43. The van der Waals surface area contributed by atoms with Gasteiger partial charge in [-0.1, -0.05) is 0 Å². The number of rotatable bonds is 4. The third-order valence-electron chi connectivity index (χ3n) is 3.54. The number of hydrogen-bond acceptors (Lipinski definition) is 7. The van der Waals surface area contributed by atoms with Crippen LogP contribution in [0.4, 0.5) is 4.79 Å². The third kappa shape index (κ3) is 4.26. The topological polar surface area (TPSA) is 142 Å². The largest absolute Gasteiger partial charge is 0.490 e. The summed E-state index contributed by atoms with van der Waals surface area (Å²) in [7, 11) is -1.89. The Bertz CT molecular complexity index is 949. The molecule has 11 heteroatoms. The highest BCUT2D eigenvalue weighted by Crippen LogP contribution is 2.14. The maximum absolute atomic E-state index is 12.5. The highest BCUT2D eigenvalue weighted by atomic mass is 16.6. The minimum Gasteiger partial charge on any atom is -0.477 e. The van der Waals surface area contributed by atoms with Gasteiger partial charge in [0, 0.05) is 24.4 Å². The van der Waals surface area contributed by atoms with Gasteiger partial charge in [0.2, 0.25) is 5.43 Å². The number of fused-ring (bicyclic) bond motifs is 1. The van der Waals surface area contributed by atoms with E-state index in [1.807, 2.05) is 0 Å². The molecule has 0 aliphatic rings. The second-order valence-electron chi connectivity index (χ2n) is 6.73. The Labute approximate surface area is 154 Å². The van der Waals surface area contributed by atoms with Gasteiger partial charge in [0.25, 0.3) is 0 Å². The number of carbonyl (C=O) groups excluding carboxylic acids is 1. The smallest absolute Gasteiger partial charge is 0.477 e. The SMILES string of the molecule is CCN(C(=O)OC(C)(C)C)n1cc(C(=O)O)c(=O)c2cc(B(O)O)cnc21. The predicted octanol–water partition coefficient (Wildman–Crippen LogP) is -0.332. The molecule has 0 atom stereocenters. The Hall–Kier alpha value is -2.92. The van der Waals surface area contributed by atoms with Crippen LogP contribution in [0.15, 0.2) is 23.3 Å². The summed E-state index contributed by atoms with van der Waals surface area (Å²) in [5.41, 5.74) is -2.37. The van der Waals surface area contributed by atoms with Crippen LogP contribution in [0.25, 0.3) is 11.0 Å². The van der Waals surface area contributed by atoms with E-state index in [-0.39, 0.29) is 23.0 Å². The van der Waals surface area contributed by atoms with Crippen molar-refractivity contribution in [1.82, 2.24) is 9.66 Å². The van der Waals surface area contributed by atoms with Crippen LogP contribution in [0.1, 0.15) is 38.1 Å². The average molecular weight is 377 g/mol. The van der Waals surface area contributed by atoms with E-state index in [1.165, 1.54) is 0 Å². The molecule has 0 spiro atoms. The molecule has 2 aromatic rings. The van der Waals surface area contributed by atoms with E-state index in [1.54, 1.807) is 27.7 Å². The fraction of sp³-hybridized carbons (Fsp3) is 0.375. The molecule has 0 radical (unpaired) electrons. The van der Waals surface area contributed by atoms with Crippen LogP contribution in [0.2, 0.25) is 0 Å². The van der Waals surface area contributed by atoms with Crippen LogP contribution in [0, 0.1) is 0 Å². The number of amides is 1. The number of ether oxygens (including phenoxy) is 1. The fourth-order valence-electron chi connectivity index (χ4n) is 2.37. The fourth-order valence-corrected chi connectivity index (χ4v) is 2.37. The Balaban J connectivity index is 2.77. The number of carboxylic acid groups (broad SMARTS) is 1. The minimum atomic E-state index is -1.89. The van der Waals surface area contributed by atoms with Crippen molar-refractivity contribution in [2.24, 2.45) is 0 Å². The van der Waals surface area contributed by atoms with Crippen molar-refractivity contribution in [1.29, 1.82) is 0 Å². The number of carbonyl (C=O) groups is 2. The van der Waals surface area contributed by atoms with E-state index in [4.69, 9.17) is 4.74 Å². The maximum Gasteiger partial charge on any atom is 0.490 e. The number of pyridine rings is 2. The quantitative estimate of drug-likeness (QED) is 0.615. The molecule has 0 bridgehead atoms. The van der Waals surface area contributed by atoms with Gasteiger partial charge in [-0.25, -0.2) is 24.3 Å². The number of aromatic carboxylic acids is 1. The standard InChI is InChI=1S/C16H20BN3O7/c1-5-19(15(24)27-16(2,3)4)20-8-11(14(22)23)12(21)10-6-9(17(25)26)7-18-13(10)20/h6-8,25-26H,5H2,1-4H3,(H,22,23). The first-order valence-corrected chi connectivity index (χ1v) is 8.11. The summed E-state index contributed by atoms with van der Waals surface area (Å²) in [6.07, 6.45) is 1.34.